The highest BCUT2D eigenvalue weighted by atomic mass is 32.2. The number of fused-ring (bicyclic) bond motifs is 1. The second-order valence-electron chi connectivity index (χ2n) is 8.46. The third-order valence-electron chi connectivity index (χ3n) is 6.03. The topological polar surface area (TPSA) is 88.5 Å². The number of pyridine rings is 1. The quantitative estimate of drug-likeness (QED) is 0.599. The van der Waals surface area contributed by atoms with Crippen molar-refractivity contribution < 1.29 is 17.6 Å². The standard InChI is InChI=1S/C24H26FN3O4S/c1-17-10-12-28(13-11-17)33(31,32)22-15-27(24(30)21-5-3-2-4-20(21)22)16-23(29)26-14-18-6-8-19(25)9-7-18/h2-9,15,17H,10-14,16H2,1H3,(H,26,29). The molecule has 1 aliphatic rings. The molecule has 174 valence electrons. The van der Waals surface area contributed by atoms with Gasteiger partial charge in [-0.05, 0) is 42.5 Å². The lowest BCUT2D eigenvalue weighted by Gasteiger charge is -2.30. The lowest BCUT2D eigenvalue weighted by atomic mass is 10.0. The second kappa shape index (κ2) is 9.44. The first-order chi connectivity index (χ1) is 15.8. The molecule has 1 aliphatic heterocycles. The number of nitrogens with zero attached hydrogens (tertiary/aromatic N) is 2. The molecular formula is C24H26FN3O4S. The van der Waals surface area contributed by atoms with Gasteiger partial charge in [0.05, 0.1) is 0 Å². The van der Waals surface area contributed by atoms with Crippen LogP contribution >= 0.6 is 0 Å². The smallest absolute Gasteiger partial charge is 0.258 e. The fourth-order valence-electron chi connectivity index (χ4n) is 4.01. The molecule has 0 saturated carbocycles. The van der Waals surface area contributed by atoms with Crippen molar-refractivity contribution >= 4 is 26.7 Å². The van der Waals surface area contributed by atoms with Crippen LogP contribution in [0.25, 0.3) is 10.8 Å². The number of hydrogen-bond acceptors (Lipinski definition) is 4. The maximum absolute atomic E-state index is 13.5. The molecule has 4 rings (SSSR count). The van der Waals surface area contributed by atoms with Crippen LogP contribution < -0.4 is 10.9 Å². The van der Waals surface area contributed by atoms with Crippen molar-refractivity contribution in [2.75, 3.05) is 13.1 Å². The van der Waals surface area contributed by atoms with E-state index in [-0.39, 0.29) is 29.2 Å². The van der Waals surface area contributed by atoms with Gasteiger partial charge in [0.2, 0.25) is 15.9 Å². The minimum absolute atomic E-state index is 0.0265. The number of halogens is 1. The van der Waals surface area contributed by atoms with Gasteiger partial charge in [-0.2, -0.15) is 4.31 Å². The maximum atomic E-state index is 13.5. The molecular weight excluding hydrogens is 445 g/mol. The Bertz CT molecular complexity index is 1330. The van der Waals surface area contributed by atoms with Gasteiger partial charge in [0, 0.05) is 36.6 Å². The summed E-state index contributed by atoms with van der Waals surface area (Å²) in [7, 11) is -3.84. The van der Waals surface area contributed by atoms with Crippen LogP contribution in [0.5, 0.6) is 0 Å². The van der Waals surface area contributed by atoms with Gasteiger partial charge >= 0.3 is 0 Å². The van der Waals surface area contributed by atoms with Gasteiger partial charge in [-0.25, -0.2) is 12.8 Å². The van der Waals surface area contributed by atoms with Gasteiger partial charge in [-0.1, -0.05) is 37.3 Å². The van der Waals surface area contributed by atoms with Gasteiger partial charge in [-0.3, -0.25) is 9.59 Å². The van der Waals surface area contributed by atoms with Crippen LogP contribution in [0.1, 0.15) is 25.3 Å². The molecule has 9 heteroatoms. The average molecular weight is 472 g/mol. The Labute approximate surface area is 191 Å². The van der Waals surface area contributed by atoms with Crippen LogP contribution in [0.3, 0.4) is 0 Å². The summed E-state index contributed by atoms with van der Waals surface area (Å²) in [5, 5.41) is 3.28. The number of sulfonamides is 1. The Morgan fingerprint density at radius 3 is 2.36 bits per heavy atom. The van der Waals surface area contributed by atoms with E-state index in [0.717, 1.165) is 17.4 Å². The minimum Gasteiger partial charge on any atom is -0.350 e. The van der Waals surface area contributed by atoms with E-state index in [1.807, 2.05) is 0 Å². The van der Waals surface area contributed by atoms with E-state index in [0.29, 0.717) is 30.0 Å². The zero-order chi connectivity index (χ0) is 23.6. The summed E-state index contributed by atoms with van der Waals surface area (Å²) in [6, 6.07) is 12.3. The van der Waals surface area contributed by atoms with Crippen LogP contribution in [0.4, 0.5) is 4.39 Å². The number of piperidine rings is 1. The van der Waals surface area contributed by atoms with E-state index in [2.05, 4.69) is 12.2 Å². The Kier molecular flexibility index (Phi) is 6.62. The maximum Gasteiger partial charge on any atom is 0.258 e. The average Bonchev–Trinajstić information content (AvgIpc) is 2.81. The lowest BCUT2D eigenvalue weighted by molar-refractivity contribution is -0.121. The monoisotopic (exact) mass is 471 g/mol. The molecule has 1 saturated heterocycles. The molecule has 0 bridgehead atoms. The normalized spacial score (nSPS) is 15.6. The lowest BCUT2D eigenvalue weighted by Crippen LogP contribution is -2.39. The van der Waals surface area contributed by atoms with Gasteiger partial charge in [0.25, 0.3) is 5.56 Å². The van der Waals surface area contributed by atoms with Crippen molar-refractivity contribution in [1.82, 2.24) is 14.2 Å². The zero-order valence-electron chi connectivity index (χ0n) is 18.3. The first-order valence-electron chi connectivity index (χ1n) is 10.9. The van der Waals surface area contributed by atoms with E-state index < -0.39 is 21.5 Å². The number of aromatic nitrogens is 1. The molecule has 0 spiro atoms. The Morgan fingerprint density at radius 1 is 1.06 bits per heavy atom. The molecule has 0 aliphatic carbocycles. The highest BCUT2D eigenvalue weighted by Crippen LogP contribution is 2.27. The second-order valence-corrected chi connectivity index (χ2v) is 10.4. The van der Waals surface area contributed by atoms with E-state index in [9.17, 15) is 22.4 Å². The molecule has 33 heavy (non-hydrogen) atoms. The molecule has 1 amide bonds. The zero-order valence-corrected chi connectivity index (χ0v) is 19.1. The molecule has 0 atom stereocenters. The molecule has 0 unspecified atom stereocenters. The van der Waals surface area contributed by atoms with Crippen LogP contribution in [0, 0.1) is 11.7 Å². The number of nitrogens with one attached hydrogen (secondary N) is 1. The van der Waals surface area contributed by atoms with Gasteiger partial charge < -0.3 is 9.88 Å². The number of benzene rings is 2. The van der Waals surface area contributed by atoms with Crippen molar-refractivity contribution in [3.05, 3.63) is 76.5 Å². The first kappa shape index (κ1) is 23.1. The highest BCUT2D eigenvalue weighted by molar-refractivity contribution is 7.89. The van der Waals surface area contributed by atoms with Crippen LogP contribution in [0.15, 0.2) is 64.4 Å². The predicted molar refractivity (Wildman–Crippen MR) is 124 cm³/mol. The Hall–Kier alpha value is -3.04. The molecule has 0 radical (unpaired) electrons. The van der Waals surface area contributed by atoms with Gasteiger partial charge in [-0.15, -0.1) is 0 Å². The van der Waals surface area contributed by atoms with E-state index in [1.54, 1.807) is 36.4 Å². The number of carbonyl (C=O) groups excluding carboxylic acids is 1. The van der Waals surface area contributed by atoms with Crippen LogP contribution in [0.2, 0.25) is 0 Å². The van der Waals surface area contributed by atoms with E-state index >= 15 is 0 Å². The Balaban J connectivity index is 1.63. The summed E-state index contributed by atoms with van der Waals surface area (Å²) in [4.78, 5) is 25.6. The summed E-state index contributed by atoms with van der Waals surface area (Å²) in [6.07, 6.45) is 2.83. The van der Waals surface area contributed by atoms with Crippen LogP contribution in [-0.2, 0) is 27.9 Å². The minimum atomic E-state index is -3.84. The summed E-state index contributed by atoms with van der Waals surface area (Å²) >= 11 is 0. The third kappa shape index (κ3) is 4.99. The third-order valence-corrected chi connectivity index (χ3v) is 7.96. The van der Waals surface area contributed by atoms with E-state index in [4.69, 9.17) is 0 Å². The van der Waals surface area contributed by atoms with Crippen molar-refractivity contribution in [2.45, 2.75) is 37.8 Å². The number of carbonyl (C=O) groups is 1. The van der Waals surface area contributed by atoms with Gasteiger partial charge in [0.15, 0.2) is 0 Å². The SMILES string of the molecule is CC1CCN(S(=O)(=O)c2cn(CC(=O)NCc3ccc(F)cc3)c(=O)c3ccccc23)CC1. The molecule has 3 aromatic rings. The molecule has 7 nitrogen and oxygen atoms in total. The fourth-order valence-corrected chi connectivity index (χ4v) is 5.70. The van der Waals surface area contributed by atoms with Gasteiger partial charge in [0.1, 0.15) is 17.3 Å². The van der Waals surface area contributed by atoms with Crippen LogP contribution in [-0.4, -0.2) is 36.3 Å². The fraction of sp³-hybridized carbons (Fsp3) is 0.333. The number of amides is 1. The largest absolute Gasteiger partial charge is 0.350 e. The highest BCUT2D eigenvalue weighted by Gasteiger charge is 2.30. The van der Waals surface area contributed by atoms with Crippen molar-refractivity contribution in [3.8, 4) is 0 Å². The summed E-state index contributed by atoms with van der Waals surface area (Å²) < 4.78 is 42.6. The molecule has 1 fully saturated rings. The van der Waals surface area contributed by atoms with Crippen molar-refractivity contribution in [1.29, 1.82) is 0 Å². The predicted octanol–water partition coefficient (Wildman–Crippen LogP) is 2.88. The molecule has 2 heterocycles. The molecule has 1 N–H and O–H groups in total. The van der Waals surface area contributed by atoms with E-state index in [1.165, 1.54) is 22.6 Å². The Morgan fingerprint density at radius 2 is 1.70 bits per heavy atom. The first-order valence-corrected chi connectivity index (χ1v) is 12.3. The number of rotatable bonds is 6. The van der Waals surface area contributed by atoms with Crippen molar-refractivity contribution in [2.24, 2.45) is 5.92 Å². The summed E-state index contributed by atoms with van der Waals surface area (Å²) in [5.41, 5.74) is 0.270. The molecule has 2 aromatic carbocycles. The van der Waals surface area contributed by atoms with Crippen molar-refractivity contribution in [3.63, 3.8) is 0 Å². The summed E-state index contributed by atoms with van der Waals surface area (Å²) in [5.74, 6) is -0.358. The summed E-state index contributed by atoms with van der Waals surface area (Å²) in [6.45, 7) is 2.79. The number of hydrogen-bond donors (Lipinski definition) is 1. The molecule has 1 aromatic heterocycles.